The number of hydrogen-bond acceptors (Lipinski definition) is 6. The molecule has 0 radical (unpaired) electrons. The zero-order chi connectivity index (χ0) is 22.1. The maximum Gasteiger partial charge on any atom is 0.299 e. The van der Waals surface area contributed by atoms with Gasteiger partial charge in [-0.3, -0.25) is 14.2 Å². The number of nitrogen functional groups attached to an aromatic ring is 1. The molecule has 2 aromatic rings. The number of amides is 1. The number of rotatable bonds is 7. The molecular formula is C20H26F2N6O2. The van der Waals surface area contributed by atoms with Gasteiger partial charge in [-0.25, -0.2) is 18.7 Å². The van der Waals surface area contributed by atoms with Crippen LogP contribution in [0.2, 0.25) is 0 Å². The number of halogens is 2. The number of aromatic nitrogens is 3. The fourth-order valence-electron chi connectivity index (χ4n) is 3.37. The summed E-state index contributed by atoms with van der Waals surface area (Å²) in [6.07, 6.45) is 3.29. The molecule has 1 amide bonds. The van der Waals surface area contributed by atoms with E-state index in [1.165, 1.54) is 17.8 Å². The van der Waals surface area contributed by atoms with Gasteiger partial charge in [-0.2, -0.15) is 0 Å². The molecule has 0 bridgehead atoms. The van der Waals surface area contributed by atoms with Crippen LogP contribution in [-0.2, 0) is 11.2 Å². The second-order valence-corrected chi connectivity index (χ2v) is 7.63. The molecule has 30 heavy (non-hydrogen) atoms. The lowest BCUT2D eigenvalue weighted by molar-refractivity contribution is -0.119. The first kappa shape index (κ1) is 21.7. The van der Waals surface area contributed by atoms with E-state index >= 15 is 0 Å². The van der Waals surface area contributed by atoms with Crippen molar-refractivity contribution in [1.82, 2.24) is 19.9 Å². The average Bonchev–Trinajstić information content (AvgIpc) is 2.62. The Morgan fingerprint density at radius 3 is 2.67 bits per heavy atom. The Balaban J connectivity index is 1.92. The Labute approximate surface area is 172 Å². The molecule has 4 N–H and O–H groups in total. The number of nitrogens with one attached hydrogen (secondary N) is 2. The van der Waals surface area contributed by atoms with Crippen molar-refractivity contribution in [3.05, 3.63) is 39.6 Å². The van der Waals surface area contributed by atoms with Crippen molar-refractivity contribution in [2.45, 2.75) is 45.5 Å². The van der Waals surface area contributed by atoms with Gasteiger partial charge in [-0.05, 0) is 38.3 Å². The maximum atomic E-state index is 14.2. The zero-order valence-corrected chi connectivity index (χ0v) is 17.3. The molecule has 1 saturated carbocycles. The van der Waals surface area contributed by atoms with Gasteiger partial charge < -0.3 is 16.4 Å². The predicted octanol–water partition coefficient (Wildman–Crippen LogP) is 1.96. The van der Waals surface area contributed by atoms with Crippen molar-refractivity contribution in [3.63, 3.8) is 0 Å². The maximum absolute atomic E-state index is 14.2. The number of pyridine rings is 1. The lowest BCUT2D eigenvalue weighted by atomic mass is 9.80. The summed E-state index contributed by atoms with van der Waals surface area (Å²) in [6, 6.07) is 1.59. The van der Waals surface area contributed by atoms with Crippen molar-refractivity contribution in [2.75, 3.05) is 24.6 Å². The van der Waals surface area contributed by atoms with Gasteiger partial charge in [0.1, 0.15) is 0 Å². The molecule has 1 aliphatic rings. The first-order chi connectivity index (χ1) is 14.1. The van der Waals surface area contributed by atoms with Gasteiger partial charge >= 0.3 is 0 Å². The summed E-state index contributed by atoms with van der Waals surface area (Å²) in [7, 11) is 1.53. The molecule has 0 saturated heterocycles. The van der Waals surface area contributed by atoms with E-state index in [0.717, 1.165) is 6.42 Å². The lowest BCUT2D eigenvalue weighted by Gasteiger charge is -2.33. The highest BCUT2D eigenvalue weighted by molar-refractivity contribution is 5.79. The third-order valence-electron chi connectivity index (χ3n) is 5.50. The van der Waals surface area contributed by atoms with Crippen LogP contribution in [0.1, 0.15) is 36.2 Å². The summed E-state index contributed by atoms with van der Waals surface area (Å²) < 4.78 is 29.7. The highest BCUT2D eigenvalue weighted by Gasteiger charge is 2.42. The van der Waals surface area contributed by atoms with Gasteiger partial charge in [0.15, 0.2) is 11.6 Å². The normalized spacial score (nSPS) is 14.3. The minimum Gasteiger partial charge on any atom is -0.396 e. The molecule has 0 unspecified atom stereocenters. The first-order valence-corrected chi connectivity index (χ1v) is 9.81. The second kappa shape index (κ2) is 8.37. The monoisotopic (exact) mass is 420 g/mol. The van der Waals surface area contributed by atoms with E-state index < -0.39 is 23.9 Å². The molecule has 10 heteroatoms. The van der Waals surface area contributed by atoms with Gasteiger partial charge in [-0.1, -0.05) is 6.42 Å². The van der Waals surface area contributed by atoms with Crippen molar-refractivity contribution >= 4 is 17.4 Å². The minimum atomic E-state index is -2.91. The first-order valence-electron chi connectivity index (χ1n) is 9.81. The fraction of sp³-hybridized carbons (Fsp3) is 0.500. The average molecular weight is 420 g/mol. The van der Waals surface area contributed by atoms with Crippen LogP contribution in [0.15, 0.2) is 17.1 Å². The van der Waals surface area contributed by atoms with Gasteiger partial charge in [0.2, 0.25) is 5.91 Å². The summed E-state index contributed by atoms with van der Waals surface area (Å²) in [6.45, 7) is 2.70. The van der Waals surface area contributed by atoms with Crippen LogP contribution in [-0.4, -0.2) is 40.0 Å². The van der Waals surface area contributed by atoms with E-state index in [4.69, 9.17) is 5.73 Å². The van der Waals surface area contributed by atoms with Crippen LogP contribution in [0.3, 0.4) is 0 Å². The van der Waals surface area contributed by atoms with E-state index in [0.29, 0.717) is 29.8 Å². The third kappa shape index (κ3) is 4.27. The number of carbonyl (C=O) groups excluding carboxylic acids is 1. The van der Waals surface area contributed by atoms with Crippen molar-refractivity contribution in [2.24, 2.45) is 5.92 Å². The molecule has 162 valence electrons. The number of anilines is 2. The summed E-state index contributed by atoms with van der Waals surface area (Å²) in [5, 5.41) is 5.04. The summed E-state index contributed by atoms with van der Waals surface area (Å²) >= 11 is 0. The fourth-order valence-corrected chi connectivity index (χ4v) is 3.37. The van der Waals surface area contributed by atoms with Gasteiger partial charge in [0.05, 0.1) is 18.7 Å². The zero-order valence-electron chi connectivity index (χ0n) is 17.3. The number of nitrogens with two attached hydrogens (primary N) is 1. The van der Waals surface area contributed by atoms with E-state index in [2.05, 4.69) is 20.6 Å². The second-order valence-electron chi connectivity index (χ2n) is 7.63. The molecule has 2 aromatic heterocycles. The number of nitrogens with zero attached hydrogens (tertiary/aromatic N) is 3. The molecule has 2 heterocycles. The van der Waals surface area contributed by atoms with E-state index in [1.54, 1.807) is 19.9 Å². The van der Waals surface area contributed by atoms with E-state index in [9.17, 15) is 18.4 Å². The highest BCUT2D eigenvalue weighted by Crippen LogP contribution is 2.39. The smallest absolute Gasteiger partial charge is 0.299 e. The van der Waals surface area contributed by atoms with Gasteiger partial charge in [0.25, 0.3) is 11.5 Å². The number of carbonyl (C=O) groups is 1. The quantitative estimate of drug-likeness (QED) is 0.631. The van der Waals surface area contributed by atoms with Crippen LogP contribution in [0, 0.1) is 19.8 Å². The van der Waals surface area contributed by atoms with Crippen molar-refractivity contribution < 1.29 is 13.6 Å². The van der Waals surface area contributed by atoms with Crippen LogP contribution < -0.4 is 21.9 Å². The van der Waals surface area contributed by atoms with E-state index in [-0.39, 0.29) is 29.7 Å². The molecule has 0 aliphatic heterocycles. The third-order valence-corrected chi connectivity index (χ3v) is 5.50. The number of hydrogen-bond donors (Lipinski definition) is 3. The molecular weight excluding hydrogens is 394 g/mol. The summed E-state index contributed by atoms with van der Waals surface area (Å²) in [4.78, 5) is 33.0. The topological polar surface area (TPSA) is 115 Å². The number of likely N-dealkylation sites (N-methyl/N-ethyl adjacent to an activating group) is 1. The van der Waals surface area contributed by atoms with Crippen molar-refractivity contribution in [3.8, 4) is 5.82 Å². The molecule has 0 atom stereocenters. The Kier molecular flexibility index (Phi) is 6.04. The Bertz CT molecular complexity index is 1020. The molecule has 3 rings (SSSR count). The molecule has 0 spiro atoms. The van der Waals surface area contributed by atoms with Gasteiger partial charge in [-0.15, -0.1) is 0 Å². The molecule has 0 aromatic carbocycles. The Morgan fingerprint density at radius 1 is 1.37 bits per heavy atom. The molecule has 8 nitrogen and oxygen atoms in total. The predicted molar refractivity (Wildman–Crippen MR) is 110 cm³/mol. The Morgan fingerprint density at radius 2 is 2.07 bits per heavy atom. The largest absolute Gasteiger partial charge is 0.396 e. The minimum absolute atomic E-state index is 0.104. The van der Waals surface area contributed by atoms with E-state index in [1.807, 2.05) is 0 Å². The van der Waals surface area contributed by atoms with Crippen LogP contribution in [0.25, 0.3) is 5.82 Å². The standard InChI is InChI=1S/C20H26F2N6O2/c1-11-9-25-17(26-10-20(21,22)14-5-4-6-14)19(30)28(11)18-15(23)7-13(12(2)27-18)8-16(29)24-3/h7,9,14H,4-6,8,10,23H2,1-3H3,(H,24,29)(H,25,26). The van der Waals surface area contributed by atoms with Crippen molar-refractivity contribution in [1.29, 1.82) is 0 Å². The highest BCUT2D eigenvalue weighted by atomic mass is 19.3. The molecule has 1 fully saturated rings. The number of aryl methyl sites for hydroxylation is 2. The molecule has 1 aliphatic carbocycles. The van der Waals surface area contributed by atoms with Crippen LogP contribution in [0.5, 0.6) is 0 Å². The van der Waals surface area contributed by atoms with Crippen LogP contribution >= 0.6 is 0 Å². The number of alkyl halides is 2. The lowest BCUT2D eigenvalue weighted by Crippen LogP contribution is -2.40. The SMILES string of the molecule is CNC(=O)Cc1cc(N)c(-n2c(C)cnc(NCC(F)(F)C3CCC3)c2=O)nc1C. The summed E-state index contributed by atoms with van der Waals surface area (Å²) in [5.41, 5.74) is 7.33. The van der Waals surface area contributed by atoms with Crippen LogP contribution in [0.4, 0.5) is 20.3 Å². The Hall–Kier alpha value is -3.04. The summed E-state index contributed by atoms with van der Waals surface area (Å²) in [5.74, 6) is -3.77. The van der Waals surface area contributed by atoms with Gasteiger partial charge in [0, 0.05) is 30.6 Å².